The average Bonchev–Trinajstić information content (AvgIpc) is 2.73. The standard InChI is InChI=1S/C21H24N4O4/c1-15(26)22-18-4-3-5-19(14-18)24-10-12-25(13-11-24)21(28)23-17-8-6-16(7-9-17)20(27)29-2/h3-9,14H,10-13H2,1-2H3,(H,22,26)(H,23,28). The van der Waals surface area contributed by atoms with Crippen molar-refractivity contribution in [1.29, 1.82) is 0 Å². The van der Waals surface area contributed by atoms with E-state index in [-0.39, 0.29) is 11.9 Å². The second-order valence-electron chi connectivity index (χ2n) is 6.70. The molecule has 8 nitrogen and oxygen atoms in total. The van der Waals surface area contributed by atoms with Gasteiger partial charge in [0.1, 0.15) is 0 Å². The molecule has 2 N–H and O–H groups in total. The van der Waals surface area contributed by atoms with Gasteiger partial charge in [-0.3, -0.25) is 4.79 Å². The molecular formula is C21H24N4O4. The summed E-state index contributed by atoms with van der Waals surface area (Å²) in [5.41, 5.74) is 2.81. The van der Waals surface area contributed by atoms with Gasteiger partial charge in [0.2, 0.25) is 5.91 Å². The number of urea groups is 1. The normalized spacial score (nSPS) is 13.6. The minimum atomic E-state index is -0.415. The Kier molecular flexibility index (Phi) is 6.33. The Hall–Kier alpha value is -3.55. The first-order chi connectivity index (χ1) is 14.0. The van der Waals surface area contributed by atoms with Crippen LogP contribution in [0.25, 0.3) is 0 Å². The number of ether oxygens (including phenoxy) is 1. The third-order valence-electron chi connectivity index (χ3n) is 4.66. The number of esters is 1. The molecule has 2 aromatic rings. The predicted molar refractivity (Wildman–Crippen MR) is 111 cm³/mol. The van der Waals surface area contributed by atoms with Gasteiger partial charge in [-0.15, -0.1) is 0 Å². The highest BCUT2D eigenvalue weighted by Gasteiger charge is 2.21. The average molecular weight is 396 g/mol. The summed E-state index contributed by atoms with van der Waals surface area (Å²) in [5.74, 6) is -0.523. The Morgan fingerprint density at radius 3 is 2.21 bits per heavy atom. The van der Waals surface area contributed by atoms with E-state index in [0.29, 0.717) is 37.4 Å². The van der Waals surface area contributed by atoms with Gasteiger partial charge >= 0.3 is 12.0 Å². The van der Waals surface area contributed by atoms with Gasteiger partial charge in [-0.2, -0.15) is 0 Å². The third kappa shape index (κ3) is 5.25. The number of nitrogens with zero attached hydrogens (tertiary/aromatic N) is 2. The lowest BCUT2D eigenvalue weighted by molar-refractivity contribution is -0.114. The van der Waals surface area contributed by atoms with Gasteiger partial charge < -0.3 is 25.2 Å². The second kappa shape index (κ2) is 9.09. The topological polar surface area (TPSA) is 91.0 Å². The zero-order valence-corrected chi connectivity index (χ0v) is 16.5. The number of carbonyl (C=O) groups is 3. The molecule has 0 aliphatic carbocycles. The summed E-state index contributed by atoms with van der Waals surface area (Å²) < 4.78 is 4.67. The van der Waals surface area contributed by atoms with Gasteiger partial charge in [-0.05, 0) is 42.5 Å². The van der Waals surface area contributed by atoms with E-state index in [4.69, 9.17) is 0 Å². The first-order valence-electron chi connectivity index (χ1n) is 9.33. The van der Waals surface area contributed by atoms with E-state index in [2.05, 4.69) is 20.3 Å². The smallest absolute Gasteiger partial charge is 0.337 e. The molecule has 0 aromatic heterocycles. The summed E-state index contributed by atoms with van der Waals surface area (Å²) in [4.78, 5) is 39.2. The molecule has 0 spiro atoms. The maximum absolute atomic E-state index is 12.5. The van der Waals surface area contributed by atoms with Crippen LogP contribution in [0.4, 0.5) is 21.9 Å². The van der Waals surface area contributed by atoms with Crippen molar-refractivity contribution in [2.24, 2.45) is 0 Å². The molecule has 8 heteroatoms. The van der Waals surface area contributed by atoms with E-state index in [1.165, 1.54) is 14.0 Å². The molecule has 29 heavy (non-hydrogen) atoms. The van der Waals surface area contributed by atoms with Gasteiger partial charge in [0.15, 0.2) is 0 Å². The van der Waals surface area contributed by atoms with E-state index >= 15 is 0 Å². The summed E-state index contributed by atoms with van der Waals surface area (Å²) in [7, 11) is 1.33. The van der Waals surface area contributed by atoms with Crippen LogP contribution in [0.2, 0.25) is 0 Å². The maximum Gasteiger partial charge on any atom is 0.337 e. The predicted octanol–water partition coefficient (Wildman–Crippen LogP) is 2.79. The van der Waals surface area contributed by atoms with E-state index in [9.17, 15) is 14.4 Å². The van der Waals surface area contributed by atoms with Crippen molar-refractivity contribution < 1.29 is 19.1 Å². The number of rotatable bonds is 4. The summed E-state index contributed by atoms with van der Waals surface area (Å²) in [5, 5.41) is 5.63. The molecule has 0 radical (unpaired) electrons. The molecule has 1 saturated heterocycles. The minimum absolute atomic E-state index is 0.108. The van der Waals surface area contributed by atoms with Crippen LogP contribution in [0.15, 0.2) is 48.5 Å². The van der Waals surface area contributed by atoms with Gasteiger partial charge in [-0.25, -0.2) is 9.59 Å². The molecule has 3 amide bonds. The molecule has 1 fully saturated rings. The zero-order valence-electron chi connectivity index (χ0n) is 16.5. The Balaban J connectivity index is 1.54. The molecular weight excluding hydrogens is 372 g/mol. The Bertz CT molecular complexity index is 890. The Labute approximate surface area is 169 Å². The second-order valence-corrected chi connectivity index (χ2v) is 6.70. The quantitative estimate of drug-likeness (QED) is 0.776. The van der Waals surface area contributed by atoms with Crippen LogP contribution in [0.1, 0.15) is 17.3 Å². The van der Waals surface area contributed by atoms with Crippen LogP contribution in [-0.4, -0.2) is 56.1 Å². The molecule has 0 atom stereocenters. The summed E-state index contributed by atoms with van der Waals surface area (Å²) in [6, 6.07) is 14.1. The van der Waals surface area contributed by atoms with Crippen LogP contribution < -0.4 is 15.5 Å². The molecule has 2 aromatic carbocycles. The van der Waals surface area contributed by atoms with Crippen LogP contribution in [0.5, 0.6) is 0 Å². The first kappa shape index (κ1) is 20.2. The molecule has 1 aliphatic heterocycles. The number of hydrogen-bond acceptors (Lipinski definition) is 5. The van der Waals surface area contributed by atoms with E-state index < -0.39 is 5.97 Å². The highest BCUT2D eigenvalue weighted by atomic mass is 16.5. The number of piperazine rings is 1. The first-order valence-corrected chi connectivity index (χ1v) is 9.33. The lowest BCUT2D eigenvalue weighted by atomic mass is 10.2. The summed E-state index contributed by atoms with van der Waals surface area (Å²) >= 11 is 0. The Morgan fingerprint density at radius 1 is 0.897 bits per heavy atom. The number of methoxy groups -OCH3 is 1. The SMILES string of the molecule is COC(=O)c1ccc(NC(=O)N2CCN(c3cccc(NC(C)=O)c3)CC2)cc1. The monoisotopic (exact) mass is 396 g/mol. The maximum atomic E-state index is 12.5. The zero-order chi connectivity index (χ0) is 20.8. The molecule has 1 heterocycles. The molecule has 152 valence electrons. The van der Waals surface area contributed by atoms with Gasteiger partial charge in [0.25, 0.3) is 0 Å². The van der Waals surface area contributed by atoms with Crippen molar-refractivity contribution >= 4 is 35.0 Å². The highest BCUT2D eigenvalue weighted by Crippen LogP contribution is 2.21. The van der Waals surface area contributed by atoms with Crippen molar-refractivity contribution in [3.63, 3.8) is 0 Å². The largest absolute Gasteiger partial charge is 0.465 e. The van der Waals surface area contributed by atoms with Gasteiger partial charge in [0, 0.05) is 50.2 Å². The number of carbonyl (C=O) groups excluding carboxylic acids is 3. The number of nitrogens with one attached hydrogen (secondary N) is 2. The number of anilines is 3. The van der Waals surface area contributed by atoms with Crippen LogP contribution in [-0.2, 0) is 9.53 Å². The number of benzene rings is 2. The van der Waals surface area contributed by atoms with Gasteiger partial charge in [-0.1, -0.05) is 6.07 Å². The summed E-state index contributed by atoms with van der Waals surface area (Å²) in [6.07, 6.45) is 0. The lowest BCUT2D eigenvalue weighted by Gasteiger charge is -2.36. The fourth-order valence-electron chi connectivity index (χ4n) is 3.16. The van der Waals surface area contributed by atoms with E-state index in [1.807, 2.05) is 24.3 Å². The van der Waals surface area contributed by atoms with Crippen LogP contribution in [0, 0.1) is 0 Å². The molecule has 0 unspecified atom stereocenters. The van der Waals surface area contributed by atoms with Gasteiger partial charge in [0.05, 0.1) is 12.7 Å². The van der Waals surface area contributed by atoms with Crippen molar-refractivity contribution in [2.45, 2.75) is 6.92 Å². The summed E-state index contributed by atoms with van der Waals surface area (Å²) in [6.45, 7) is 4.02. The van der Waals surface area contributed by atoms with Crippen LogP contribution in [0.3, 0.4) is 0 Å². The molecule has 0 bridgehead atoms. The third-order valence-corrected chi connectivity index (χ3v) is 4.66. The lowest BCUT2D eigenvalue weighted by Crippen LogP contribution is -2.50. The number of hydrogen-bond donors (Lipinski definition) is 2. The number of amides is 3. The molecule has 1 aliphatic rings. The highest BCUT2D eigenvalue weighted by molar-refractivity contribution is 5.92. The minimum Gasteiger partial charge on any atom is -0.465 e. The fourth-order valence-corrected chi connectivity index (χ4v) is 3.16. The fraction of sp³-hybridized carbons (Fsp3) is 0.286. The van der Waals surface area contributed by atoms with E-state index in [1.54, 1.807) is 29.2 Å². The Morgan fingerprint density at radius 2 is 1.59 bits per heavy atom. The molecule has 0 saturated carbocycles. The molecule has 3 rings (SSSR count). The van der Waals surface area contributed by atoms with E-state index in [0.717, 1.165) is 11.4 Å². The van der Waals surface area contributed by atoms with Crippen LogP contribution >= 0.6 is 0 Å². The van der Waals surface area contributed by atoms with Crippen molar-refractivity contribution in [1.82, 2.24) is 4.90 Å². The van der Waals surface area contributed by atoms with Crippen molar-refractivity contribution in [3.05, 3.63) is 54.1 Å². The van der Waals surface area contributed by atoms with Crippen molar-refractivity contribution in [2.75, 3.05) is 48.8 Å². The van der Waals surface area contributed by atoms with Crippen molar-refractivity contribution in [3.8, 4) is 0 Å².